The van der Waals surface area contributed by atoms with Crippen molar-refractivity contribution in [3.63, 3.8) is 0 Å². The number of carboxylic acids is 1. The highest BCUT2D eigenvalue weighted by molar-refractivity contribution is 9.10. The summed E-state index contributed by atoms with van der Waals surface area (Å²) >= 11 is 3.20. The molecule has 0 atom stereocenters. The van der Waals surface area contributed by atoms with Gasteiger partial charge in [0.1, 0.15) is 0 Å². The van der Waals surface area contributed by atoms with Gasteiger partial charge in [-0.15, -0.1) is 0 Å². The molecule has 0 bridgehead atoms. The molecular weight excluding hydrogens is 302 g/mol. The minimum Gasteiger partial charge on any atom is -0.478 e. The molecule has 0 aliphatic heterocycles. The van der Waals surface area contributed by atoms with E-state index in [9.17, 15) is 4.79 Å². The average Bonchev–Trinajstić information content (AvgIpc) is 2.93. The number of furan rings is 1. The number of carboxylic acid groups (broad SMARTS) is 1. The van der Waals surface area contributed by atoms with E-state index < -0.39 is 5.97 Å². The number of halogens is 1. The van der Waals surface area contributed by atoms with Gasteiger partial charge in [0.2, 0.25) is 0 Å². The summed E-state index contributed by atoms with van der Waals surface area (Å²) in [6.45, 7) is 0. The molecule has 0 amide bonds. The van der Waals surface area contributed by atoms with Gasteiger partial charge in [0.25, 0.3) is 0 Å². The van der Waals surface area contributed by atoms with Crippen LogP contribution in [0.15, 0.2) is 33.5 Å². The number of pyridine rings is 1. The number of nitrogens with zero attached hydrogens (tertiary/aromatic N) is 2. The molecule has 0 aliphatic rings. The third-order valence-electron chi connectivity index (χ3n) is 2.39. The molecule has 0 saturated carbocycles. The fourth-order valence-corrected chi connectivity index (χ4v) is 1.88. The first kappa shape index (κ1) is 11.0. The number of hydrogen-bond acceptors (Lipinski definition) is 4. The van der Waals surface area contributed by atoms with Crippen molar-refractivity contribution in [3.8, 4) is 11.6 Å². The van der Waals surface area contributed by atoms with Crippen LogP contribution < -0.4 is 0 Å². The lowest BCUT2D eigenvalue weighted by atomic mass is 10.3. The molecule has 0 radical (unpaired) electrons. The van der Waals surface area contributed by atoms with Gasteiger partial charge in [-0.25, -0.2) is 14.8 Å². The molecule has 0 spiro atoms. The zero-order valence-electron chi connectivity index (χ0n) is 8.85. The van der Waals surface area contributed by atoms with Gasteiger partial charge in [0.15, 0.2) is 21.9 Å². The Hall–Kier alpha value is -2.15. The van der Waals surface area contributed by atoms with Gasteiger partial charge in [-0.3, -0.25) is 0 Å². The number of fused-ring (bicyclic) bond motifs is 1. The number of H-pyrrole nitrogens is 1. The molecule has 3 rings (SSSR count). The first-order chi connectivity index (χ1) is 8.63. The van der Waals surface area contributed by atoms with Crippen LogP contribution >= 0.6 is 15.9 Å². The van der Waals surface area contributed by atoms with E-state index in [0.29, 0.717) is 27.4 Å². The van der Waals surface area contributed by atoms with Crippen molar-refractivity contribution >= 4 is 33.1 Å². The number of aromatic carboxylic acids is 1. The van der Waals surface area contributed by atoms with Crippen LogP contribution in [-0.4, -0.2) is 26.0 Å². The standard InChI is InChI=1S/C11H6BrN3O3/c12-8-2-1-7(18-8)10-14-6-3-5(11(16)17)4-13-9(6)15-10/h1-4H,(H,16,17)(H,13,14,15). The maximum Gasteiger partial charge on any atom is 0.337 e. The number of nitrogens with one attached hydrogen (secondary N) is 1. The molecule has 0 fully saturated rings. The Bertz CT molecular complexity index is 747. The first-order valence-electron chi connectivity index (χ1n) is 4.98. The van der Waals surface area contributed by atoms with E-state index in [4.69, 9.17) is 9.52 Å². The zero-order valence-corrected chi connectivity index (χ0v) is 10.4. The molecule has 3 aromatic heterocycles. The number of rotatable bonds is 2. The predicted molar refractivity (Wildman–Crippen MR) is 66.2 cm³/mol. The lowest BCUT2D eigenvalue weighted by molar-refractivity contribution is 0.0696. The highest BCUT2D eigenvalue weighted by atomic mass is 79.9. The van der Waals surface area contributed by atoms with E-state index in [2.05, 4.69) is 30.9 Å². The van der Waals surface area contributed by atoms with Gasteiger partial charge in [-0.05, 0) is 34.1 Å². The molecule has 18 heavy (non-hydrogen) atoms. The number of aromatic amines is 1. The molecule has 0 saturated heterocycles. The van der Waals surface area contributed by atoms with Crippen LogP contribution in [0, 0.1) is 0 Å². The van der Waals surface area contributed by atoms with Crippen molar-refractivity contribution in [2.75, 3.05) is 0 Å². The molecule has 7 heteroatoms. The van der Waals surface area contributed by atoms with E-state index in [-0.39, 0.29) is 5.56 Å². The summed E-state index contributed by atoms with van der Waals surface area (Å²) in [5.74, 6) is 0.0313. The van der Waals surface area contributed by atoms with Gasteiger partial charge in [-0.2, -0.15) is 0 Å². The summed E-state index contributed by atoms with van der Waals surface area (Å²) in [4.78, 5) is 22.0. The third-order valence-corrected chi connectivity index (χ3v) is 2.82. The Balaban J connectivity index is 2.13. The largest absolute Gasteiger partial charge is 0.478 e. The molecule has 3 heterocycles. The van der Waals surface area contributed by atoms with E-state index in [0.717, 1.165) is 0 Å². The Kier molecular flexibility index (Phi) is 2.41. The third kappa shape index (κ3) is 1.78. The molecule has 0 unspecified atom stereocenters. The van der Waals surface area contributed by atoms with Crippen molar-refractivity contribution in [1.29, 1.82) is 0 Å². The monoisotopic (exact) mass is 307 g/mol. The number of carbonyl (C=O) groups is 1. The lowest BCUT2D eigenvalue weighted by Gasteiger charge is -1.91. The SMILES string of the molecule is O=C(O)c1cnc2nc(-c3ccc(Br)o3)[nH]c2c1. The summed E-state index contributed by atoms with van der Waals surface area (Å²) < 4.78 is 5.95. The van der Waals surface area contributed by atoms with Crippen LogP contribution in [0.25, 0.3) is 22.7 Å². The highest BCUT2D eigenvalue weighted by Crippen LogP contribution is 2.24. The molecule has 3 aromatic rings. The summed E-state index contributed by atoms with van der Waals surface area (Å²) in [6.07, 6.45) is 1.27. The smallest absolute Gasteiger partial charge is 0.337 e. The molecule has 6 nitrogen and oxygen atoms in total. The first-order valence-corrected chi connectivity index (χ1v) is 5.77. The maximum absolute atomic E-state index is 10.8. The van der Waals surface area contributed by atoms with Gasteiger partial charge < -0.3 is 14.5 Å². The molecule has 0 aliphatic carbocycles. The van der Waals surface area contributed by atoms with Crippen molar-refractivity contribution in [2.24, 2.45) is 0 Å². The van der Waals surface area contributed by atoms with Crippen LogP contribution in [-0.2, 0) is 0 Å². The fourth-order valence-electron chi connectivity index (χ4n) is 1.58. The number of hydrogen-bond donors (Lipinski definition) is 2. The van der Waals surface area contributed by atoms with Crippen LogP contribution in [0.4, 0.5) is 0 Å². The van der Waals surface area contributed by atoms with Crippen LogP contribution in [0.2, 0.25) is 0 Å². The van der Waals surface area contributed by atoms with Gasteiger partial charge in [0.05, 0.1) is 11.1 Å². The molecule has 2 N–H and O–H groups in total. The van der Waals surface area contributed by atoms with E-state index in [1.165, 1.54) is 12.3 Å². The van der Waals surface area contributed by atoms with Crippen LogP contribution in [0.1, 0.15) is 10.4 Å². The minimum atomic E-state index is -1.03. The predicted octanol–water partition coefficient (Wildman–Crippen LogP) is 2.68. The fraction of sp³-hybridized carbons (Fsp3) is 0. The van der Waals surface area contributed by atoms with E-state index >= 15 is 0 Å². The number of imidazole rings is 1. The lowest BCUT2D eigenvalue weighted by Crippen LogP contribution is -1.96. The minimum absolute atomic E-state index is 0.110. The zero-order chi connectivity index (χ0) is 12.7. The second-order valence-corrected chi connectivity index (χ2v) is 4.37. The average molecular weight is 308 g/mol. The second-order valence-electron chi connectivity index (χ2n) is 3.59. The van der Waals surface area contributed by atoms with Crippen molar-refractivity contribution in [3.05, 3.63) is 34.6 Å². The summed E-state index contributed by atoms with van der Waals surface area (Å²) in [5.41, 5.74) is 1.11. The van der Waals surface area contributed by atoms with Crippen molar-refractivity contribution < 1.29 is 14.3 Å². The van der Waals surface area contributed by atoms with Gasteiger partial charge >= 0.3 is 5.97 Å². The Morgan fingerprint density at radius 3 is 2.94 bits per heavy atom. The Morgan fingerprint density at radius 1 is 1.44 bits per heavy atom. The summed E-state index contributed by atoms with van der Waals surface area (Å²) in [5, 5.41) is 8.87. The van der Waals surface area contributed by atoms with Crippen molar-refractivity contribution in [2.45, 2.75) is 0 Å². The topological polar surface area (TPSA) is 92.0 Å². The van der Waals surface area contributed by atoms with Crippen LogP contribution in [0.5, 0.6) is 0 Å². The second kappa shape index (κ2) is 3.95. The highest BCUT2D eigenvalue weighted by Gasteiger charge is 2.12. The Labute approximate surface area is 109 Å². The van der Waals surface area contributed by atoms with E-state index in [1.807, 2.05) is 0 Å². The van der Waals surface area contributed by atoms with Crippen LogP contribution in [0.3, 0.4) is 0 Å². The summed E-state index contributed by atoms with van der Waals surface area (Å²) in [7, 11) is 0. The quantitative estimate of drug-likeness (QED) is 0.759. The molecular formula is C11H6BrN3O3. The van der Waals surface area contributed by atoms with Gasteiger partial charge in [-0.1, -0.05) is 0 Å². The maximum atomic E-state index is 10.8. The number of aromatic nitrogens is 3. The Morgan fingerprint density at radius 2 is 2.28 bits per heavy atom. The molecule has 90 valence electrons. The van der Waals surface area contributed by atoms with Gasteiger partial charge in [0, 0.05) is 6.20 Å². The molecule has 0 aromatic carbocycles. The normalized spacial score (nSPS) is 10.9. The van der Waals surface area contributed by atoms with Crippen molar-refractivity contribution in [1.82, 2.24) is 15.0 Å². The van der Waals surface area contributed by atoms with E-state index in [1.54, 1.807) is 12.1 Å². The summed E-state index contributed by atoms with van der Waals surface area (Å²) in [6, 6.07) is 4.98.